The minimum absolute atomic E-state index is 0. The first-order chi connectivity index (χ1) is 10.2. The molecule has 0 atom stereocenters. The standard InChI is InChI=1S/C16H35N5.HI/c1-5-20-11-13-21(14-12-20)10-9-19-16(17-4)18-8-6-7-15(2)3;/h15H,5-14H2,1-4H3,(H2,17,18,19);1H. The molecule has 1 aliphatic rings. The van der Waals surface area contributed by atoms with Crippen LogP contribution in [0.1, 0.15) is 33.6 Å². The SMILES string of the molecule is CCN1CCN(CCNC(=NC)NCCCC(C)C)CC1.I. The van der Waals surface area contributed by atoms with Gasteiger partial charge in [0, 0.05) is 52.9 Å². The van der Waals surface area contributed by atoms with Gasteiger partial charge in [-0.3, -0.25) is 9.89 Å². The molecule has 1 heterocycles. The molecule has 0 spiro atoms. The molecular formula is C16H36IN5. The van der Waals surface area contributed by atoms with Gasteiger partial charge in [0.2, 0.25) is 0 Å². The van der Waals surface area contributed by atoms with Crippen LogP contribution in [0.2, 0.25) is 0 Å². The molecule has 1 saturated heterocycles. The average molecular weight is 425 g/mol. The van der Waals surface area contributed by atoms with Crippen molar-refractivity contribution in [1.82, 2.24) is 20.4 Å². The van der Waals surface area contributed by atoms with Crippen LogP contribution in [0.3, 0.4) is 0 Å². The summed E-state index contributed by atoms with van der Waals surface area (Å²) in [4.78, 5) is 9.33. The Kier molecular flexibility index (Phi) is 13.3. The molecule has 0 radical (unpaired) electrons. The number of hydrogen-bond donors (Lipinski definition) is 2. The highest BCUT2D eigenvalue weighted by atomic mass is 127. The van der Waals surface area contributed by atoms with Crippen LogP contribution in [-0.2, 0) is 0 Å². The first kappa shape index (κ1) is 21.9. The zero-order valence-corrected chi connectivity index (χ0v) is 17.2. The lowest BCUT2D eigenvalue weighted by Gasteiger charge is -2.34. The summed E-state index contributed by atoms with van der Waals surface area (Å²) < 4.78 is 0. The Balaban J connectivity index is 0.00000441. The van der Waals surface area contributed by atoms with Crippen molar-refractivity contribution in [3.05, 3.63) is 0 Å². The van der Waals surface area contributed by atoms with E-state index in [4.69, 9.17) is 0 Å². The zero-order valence-electron chi connectivity index (χ0n) is 14.9. The van der Waals surface area contributed by atoms with Crippen molar-refractivity contribution >= 4 is 29.9 Å². The molecule has 0 aromatic heterocycles. The minimum atomic E-state index is 0. The van der Waals surface area contributed by atoms with Crippen LogP contribution in [0.5, 0.6) is 0 Å². The molecule has 1 rings (SSSR count). The van der Waals surface area contributed by atoms with Gasteiger partial charge in [-0.15, -0.1) is 24.0 Å². The van der Waals surface area contributed by atoms with Crippen molar-refractivity contribution in [3.8, 4) is 0 Å². The van der Waals surface area contributed by atoms with Gasteiger partial charge >= 0.3 is 0 Å². The van der Waals surface area contributed by atoms with Gasteiger partial charge in [-0.25, -0.2) is 0 Å². The Labute approximate surface area is 154 Å². The molecular weight excluding hydrogens is 389 g/mol. The second kappa shape index (κ2) is 13.4. The number of piperazine rings is 1. The minimum Gasteiger partial charge on any atom is -0.356 e. The third-order valence-corrected chi connectivity index (χ3v) is 4.11. The number of likely N-dealkylation sites (N-methyl/N-ethyl adjacent to an activating group) is 1. The van der Waals surface area contributed by atoms with Crippen molar-refractivity contribution in [2.75, 3.05) is 59.4 Å². The Hall–Kier alpha value is -0.0800. The van der Waals surface area contributed by atoms with Crippen LogP contribution in [0.4, 0.5) is 0 Å². The van der Waals surface area contributed by atoms with Crippen LogP contribution >= 0.6 is 24.0 Å². The molecule has 1 aliphatic heterocycles. The number of aliphatic imine (C=N–C) groups is 1. The second-order valence-electron chi connectivity index (χ2n) is 6.24. The molecule has 5 nitrogen and oxygen atoms in total. The molecule has 0 saturated carbocycles. The molecule has 132 valence electrons. The lowest BCUT2D eigenvalue weighted by atomic mass is 10.1. The summed E-state index contributed by atoms with van der Waals surface area (Å²) in [6.45, 7) is 15.8. The van der Waals surface area contributed by atoms with Gasteiger partial charge in [0.1, 0.15) is 0 Å². The van der Waals surface area contributed by atoms with Crippen LogP contribution in [0, 0.1) is 5.92 Å². The summed E-state index contributed by atoms with van der Waals surface area (Å²) in [5, 5.41) is 6.80. The normalized spacial score (nSPS) is 17.4. The quantitative estimate of drug-likeness (QED) is 0.270. The van der Waals surface area contributed by atoms with Gasteiger partial charge in [-0.2, -0.15) is 0 Å². The maximum Gasteiger partial charge on any atom is 0.191 e. The lowest BCUT2D eigenvalue weighted by Crippen LogP contribution is -2.49. The van der Waals surface area contributed by atoms with E-state index in [0.717, 1.165) is 31.5 Å². The first-order valence-electron chi connectivity index (χ1n) is 8.55. The number of guanidine groups is 1. The molecule has 0 amide bonds. The molecule has 1 fully saturated rings. The Morgan fingerprint density at radius 3 is 2.18 bits per heavy atom. The van der Waals surface area contributed by atoms with E-state index in [-0.39, 0.29) is 24.0 Å². The van der Waals surface area contributed by atoms with Crippen molar-refractivity contribution in [2.24, 2.45) is 10.9 Å². The van der Waals surface area contributed by atoms with Crippen molar-refractivity contribution in [3.63, 3.8) is 0 Å². The van der Waals surface area contributed by atoms with Crippen LogP contribution in [0.25, 0.3) is 0 Å². The fourth-order valence-electron chi connectivity index (χ4n) is 2.60. The number of nitrogens with one attached hydrogen (secondary N) is 2. The summed E-state index contributed by atoms with van der Waals surface area (Å²) in [5.41, 5.74) is 0. The van der Waals surface area contributed by atoms with E-state index in [9.17, 15) is 0 Å². The second-order valence-corrected chi connectivity index (χ2v) is 6.24. The highest BCUT2D eigenvalue weighted by molar-refractivity contribution is 14.0. The van der Waals surface area contributed by atoms with Crippen LogP contribution < -0.4 is 10.6 Å². The van der Waals surface area contributed by atoms with Crippen molar-refractivity contribution in [1.29, 1.82) is 0 Å². The monoisotopic (exact) mass is 425 g/mol. The number of nitrogens with zero attached hydrogens (tertiary/aromatic N) is 3. The van der Waals surface area contributed by atoms with E-state index in [2.05, 4.69) is 46.2 Å². The highest BCUT2D eigenvalue weighted by Gasteiger charge is 2.14. The third-order valence-electron chi connectivity index (χ3n) is 4.11. The molecule has 0 aromatic rings. The highest BCUT2D eigenvalue weighted by Crippen LogP contribution is 2.01. The Morgan fingerprint density at radius 2 is 1.64 bits per heavy atom. The largest absolute Gasteiger partial charge is 0.356 e. The average Bonchev–Trinajstić information content (AvgIpc) is 2.50. The lowest BCUT2D eigenvalue weighted by molar-refractivity contribution is 0.139. The summed E-state index contributed by atoms with van der Waals surface area (Å²) in [7, 11) is 1.85. The molecule has 0 unspecified atom stereocenters. The van der Waals surface area contributed by atoms with Gasteiger partial charge in [0.25, 0.3) is 0 Å². The predicted molar refractivity (Wildman–Crippen MR) is 107 cm³/mol. The zero-order chi connectivity index (χ0) is 15.5. The van der Waals surface area contributed by atoms with Crippen molar-refractivity contribution in [2.45, 2.75) is 33.6 Å². The summed E-state index contributed by atoms with van der Waals surface area (Å²) >= 11 is 0. The number of hydrogen-bond acceptors (Lipinski definition) is 3. The molecule has 6 heteroatoms. The third kappa shape index (κ3) is 9.84. The maximum atomic E-state index is 4.28. The Bertz CT molecular complexity index is 288. The van der Waals surface area contributed by atoms with E-state index < -0.39 is 0 Å². The summed E-state index contributed by atoms with van der Waals surface area (Å²) in [5.74, 6) is 1.72. The first-order valence-corrected chi connectivity index (χ1v) is 8.55. The van der Waals surface area contributed by atoms with Gasteiger partial charge in [0.05, 0.1) is 0 Å². The smallest absolute Gasteiger partial charge is 0.191 e. The van der Waals surface area contributed by atoms with Gasteiger partial charge < -0.3 is 15.5 Å². The fourth-order valence-corrected chi connectivity index (χ4v) is 2.60. The van der Waals surface area contributed by atoms with E-state index in [1.165, 1.54) is 45.6 Å². The topological polar surface area (TPSA) is 42.9 Å². The van der Waals surface area contributed by atoms with Gasteiger partial charge in [-0.1, -0.05) is 20.8 Å². The summed E-state index contributed by atoms with van der Waals surface area (Å²) in [6, 6.07) is 0. The maximum absolute atomic E-state index is 4.28. The fraction of sp³-hybridized carbons (Fsp3) is 0.938. The van der Waals surface area contributed by atoms with Crippen molar-refractivity contribution < 1.29 is 0 Å². The van der Waals surface area contributed by atoms with E-state index in [1.807, 2.05) is 7.05 Å². The summed E-state index contributed by atoms with van der Waals surface area (Å²) in [6.07, 6.45) is 2.48. The van der Waals surface area contributed by atoms with Crippen LogP contribution in [0.15, 0.2) is 4.99 Å². The number of halogens is 1. The van der Waals surface area contributed by atoms with E-state index in [0.29, 0.717) is 0 Å². The number of rotatable bonds is 8. The predicted octanol–water partition coefficient (Wildman–Crippen LogP) is 1.84. The molecule has 22 heavy (non-hydrogen) atoms. The Morgan fingerprint density at radius 1 is 1.05 bits per heavy atom. The molecule has 0 aliphatic carbocycles. The van der Waals surface area contributed by atoms with E-state index in [1.54, 1.807) is 0 Å². The molecule has 0 aromatic carbocycles. The van der Waals surface area contributed by atoms with Gasteiger partial charge in [0.15, 0.2) is 5.96 Å². The molecule has 2 N–H and O–H groups in total. The van der Waals surface area contributed by atoms with Crippen LogP contribution in [-0.4, -0.2) is 75.2 Å². The van der Waals surface area contributed by atoms with E-state index >= 15 is 0 Å². The molecule has 0 bridgehead atoms. The van der Waals surface area contributed by atoms with Gasteiger partial charge in [-0.05, 0) is 25.3 Å².